The molecule has 3 aliphatic rings. The largest absolute Gasteiger partial charge is 0.469 e. The van der Waals surface area contributed by atoms with Gasteiger partial charge >= 0.3 is 6.03 Å². The maximum absolute atomic E-state index is 12.7. The zero-order valence-corrected chi connectivity index (χ0v) is 12.7. The minimum Gasteiger partial charge on any atom is -0.469 e. The Labute approximate surface area is 133 Å². The van der Waals surface area contributed by atoms with E-state index in [1.54, 1.807) is 6.26 Å². The number of hydrogen-bond donors (Lipinski definition) is 2. The van der Waals surface area contributed by atoms with E-state index >= 15 is 0 Å². The molecule has 2 saturated heterocycles. The SMILES string of the molecule is O=C1NC(=O)[C@H]([C@@H]2CCCN(C(=O)[C@@H]3C[C@@H]3c3ccco3)C2)N1. The van der Waals surface area contributed by atoms with Gasteiger partial charge in [-0.2, -0.15) is 0 Å². The zero-order chi connectivity index (χ0) is 16.0. The van der Waals surface area contributed by atoms with Crippen molar-refractivity contribution in [3.05, 3.63) is 24.2 Å². The number of amides is 4. The predicted octanol–water partition coefficient (Wildman–Crippen LogP) is 0.830. The average molecular weight is 317 g/mol. The van der Waals surface area contributed by atoms with Gasteiger partial charge in [-0.1, -0.05) is 0 Å². The van der Waals surface area contributed by atoms with Gasteiger partial charge in [0, 0.05) is 30.8 Å². The molecule has 0 spiro atoms. The van der Waals surface area contributed by atoms with Gasteiger partial charge in [0.25, 0.3) is 5.91 Å². The molecule has 7 heteroatoms. The monoisotopic (exact) mass is 317 g/mol. The molecule has 0 bridgehead atoms. The first-order chi connectivity index (χ1) is 11.1. The van der Waals surface area contributed by atoms with Crippen molar-refractivity contribution in [2.75, 3.05) is 13.1 Å². The molecule has 7 nitrogen and oxygen atoms in total. The molecule has 2 aliphatic heterocycles. The smallest absolute Gasteiger partial charge is 0.322 e. The Hall–Kier alpha value is -2.31. The predicted molar refractivity (Wildman–Crippen MR) is 79.3 cm³/mol. The van der Waals surface area contributed by atoms with Gasteiger partial charge in [-0.3, -0.25) is 14.9 Å². The molecule has 1 aromatic heterocycles. The molecule has 1 saturated carbocycles. The van der Waals surface area contributed by atoms with Gasteiger partial charge < -0.3 is 14.6 Å². The Morgan fingerprint density at radius 1 is 1.35 bits per heavy atom. The molecular weight excluding hydrogens is 298 g/mol. The summed E-state index contributed by atoms with van der Waals surface area (Å²) in [5, 5.41) is 4.92. The molecule has 0 unspecified atom stereocenters. The van der Waals surface area contributed by atoms with Gasteiger partial charge in [0.2, 0.25) is 5.91 Å². The van der Waals surface area contributed by atoms with E-state index in [-0.39, 0.29) is 29.6 Å². The Balaban J connectivity index is 1.39. The van der Waals surface area contributed by atoms with Crippen molar-refractivity contribution in [1.29, 1.82) is 0 Å². The van der Waals surface area contributed by atoms with E-state index in [2.05, 4.69) is 10.6 Å². The van der Waals surface area contributed by atoms with Gasteiger partial charge in [-0.25, -0.2) is 4.79 Å². The van der Waals surface area contributed by atoms with Crippen molar-refractivity contribution in [3.8, 4) is 0 Å². The number of likely N-dealkylation sites (tertiary alicyclic amines) is 1. The highest BCUT2D eigenvalue weighted by Crippen LogP contribution is 2.49. The molecule has 2 N–H and O–H groups in total. The summed E-state index contributed by atoms with van der Waals surface area (Å²) in [7, 11) is 0. The Kier molecular flexibility index (Phi) is 3.36. The number of urea groups is 1. The molecule has 3 heterocycles. The molecule has 4 atom stereocenters. The maximum atomic E-state index is 12.7. The van der Waals surface area contributed by atoms with Crippen LogP contribution in [0.3, 0.4) is 0 Å². The van der Waals surface area contributed by atoms with Gasteiger partial charge in [-0.05, 0) is 31.4 Å². The van der Waals surface area contributed by atoms with Crippen molar-refractivity contribution in [1.82, 2.24) is 15.5 Å². The van der Waals surface area contributed by atoms with E-state index in [9.17, 15) is 14.4 Å². The van der Waals surface area contributed by atoms with Crippen molar-refractivity contribution in [3.63, 3.8) is 0 Å². The average Bonchev–Trinajstić information content (AvgIpc) is 2.99. The zero-order valence-electron chi connectivity index (χ0n) is 12.7. The third kappa shape index (κ3) is 2.60. The number of furan rings is 1. The van der Waals surface area contributed by atoms with Crippen LogP contribution in [0.15, 0.2) is 22.8 Å². The number of rotatable bonds is 3. The number of piperidine rings is 1. The molecule has 1 aromatic rings. The lowest BCUT2D eigenvalue weighted by Crippen LogP contribution is -2.48. The van der Waals surface area contributed by atoms with Crippen molar-refractivity contribution < 1.29 is 18.8 Å². The second-order valence-corrected chi connectivity index (χ2v) is 6.59. The third-order valence-electron chi connectivity index (χ3n) is 5.06. The fourth-order valence-corrected chi connectivity index (χ4v) is 3.77. The lowest BCUT2D eigenvalue weighted by atomic mass is 9.90. The summed E-state index contributed by atoms with van der Waals surface area (Å²) >= 11 is 0. The van der Waals surface area contributed by atoms with Gasteiger partial charge in [0.05, 0.1) is 6.26 Å². The fraction of sp³-hybridized carbons (Fsp3) is 0.562. The highest BCUT2D eigenvalue weighted by atomic mass is 16.3. The van der Waals surface area contributed by atoms with Crippen LogP contribution in [0, 0.1) is 11.8 Å². The van der Waals surface area contributed by atoms with Crippen LogP contribution in [0.5, 0.6) is 0 Å². The van der Waals surface area contributed by atoms with Crippen LogP contribution in [0.25, 0.3) is 0 Å². The van der Waals surface area contributed by atoms with Crippen LogP contribution in [0.4, 0.5) is 4.79 Å². The minimum absolute atomic E-state index is 0.00750. The molecule has 0 aromatic carbocycles. The molecule has 0 radical (unpaired) electrons. The molecule has 4 amide bonds. The van der Waals surface area contributed by atoms with E-state index in [0.29, 0.717) is 6.54 Å². The lowest BCUT2D eigenvalue weighted by Gasteiger charge is -2.34. The summed E-state index contributed by atoms with van der Waals surface area (Å²) in [6.07, 6.45) is 4.16. The lowest BCUT2D eigenvalue weighted by molar-refractivity contribution is -0.135. The number of carbonyl (C=O) groups is 3. The molecule has 4 rings (SSSR count). The highest BCUT2D eigenvalue weighted by Gasteiger charge is 2.48. The molecule has 23 heavy (non-hydrogen) atoms. The van der Waals surface area contributed by atoms with Crippen LogP contribution in [0.1, 0.15) is 30.9 Å². The number of nitrogens with zero attached hydrogens (tertiary/aromatic N) is 1. The molecule has 3 fully saturated rings. The summed E-state index contributed by atoms with van der Waals surface area (Å²) < 4.78 is 5.38. The maximum Gasteiger partial charge on any atom is 0.322 e. The summed E-state index contributed by atoms with van der Waals surface area (Å²) in [4.78, 5) is 37.6. The molecule has 122 valence electrons. The molecule has 1 aliphatic carbocycles. The Morgan fingerprint density at radius 2 is 2.22 bits per heavy atom. The number of hydrogen-bond acceptors (Lipinski definition) is 4. The number of carbonyl (C=O) groups excluding carboxylic acids is 3. The first-order valence-corrected chi connectivity index (χ1v) is 8.07. The fourth-order valence-electron chi connectivity index (χ4n) is 3.77. The summed E-state index contributed by atoms with van der Waals surface area (Å²) in [5.74, 6) is 0.897. The standard InChI is InChI=1S/C16H19N3O4/c20-14-13(17-16(22)18-14)9-3-1-5-19(8-9)15(21)11-7-10(11)12-4-2-6-23-12/h2,4,6,9-11,13H,1,3,5,7-8H2,(H2,17,18,20,22)/t9-,10+,11-,13+/m1/s1. The Morgan fingerprint density at radius 3 is 2.91 bits per heavy atom. The summed E-state index contributed by atoms with van der Waals surface area (Å²) in [6, 6.07) is 2.80. The van der Waals surface area contributed by atoms with Gasteiger partial charge in [-0.15, -0.1) is 0 Å². The Bertz CT molecular complexity index is 642. The van der Waals surface area contributed by atoms with E-state index in [1.807, 2.05) is 17.0 Å². The van der Waals surface area contributed by atoms with Crippen LogP contribution >= 0.6 is 0 Å². The van der Waals surface area contributed by atoms with E-state index in [0.717, 1.165) is 31.6 Å². The third-order valence-corrected chi connectivity index (χ3v) is 5.06. The van der Waals surface area contributed by atoms with Crippen LogP contribution in [-0.2, 0) is 9.59 Å². The van der Waals surface area contributed by atoms with Crippen LogP contribution in [0.2, 0.25) is 0 Å². The van der Waals surface area contributed by atoms with Crippen molar-refractivity contribution in [2.45, 2.75) is 31.2 Å². The van der Waals surface area contributed by atoms with Crippen molar-refractivity contribution >= 4 is 17.8 Å². The van der Waals surface area contributed by atoms with E-state index in [1.165, 1.54) is 0 Å². The van der Waals surface area contributed by atoms with E-state index < -0.39 is 12.1 Å². The number of imide groups is 1. The topological polar surface area (TPSA) is 91.7 Å². The number of nitrogens with one attached hydrogen (secondary N) is 2. The van der Waals surface area contributed by atoms with Crippen molar-refractivity contribution in [2.24, 2.45) is 11.8 Å². The van der Waals surface area contributed by atoms with E-state index in [4.69, 9.17) is 4.42 Å². The molecular formula is C16H19N3O4. The minimum atomic E-state index is -0.516. The van der Waals surface area contributed by atoms with Gasteiger partial charge in [0.1, 0.15) is 11.8 Å². The summed E-state index contributed by atoms with van der Waals surface area (Å²) in [5.41, 5.74) is 0. The first kappa shape index (κ1) is 14.3. The first-order valence-electron chi connectivity index (χ1n) is 8.07. The highest BCUT2D eigenvalue weighted by molar-refractivity contribution is 6.04. The quantitative estimate of drug-likeness (QED) is 0.808. The normalized spacial score (nSPS) is 33.3. The van der Waals surface area contributed by atoms with Crippen LogP contribution < -0.4 is 10.6 Å². The second kappa shape index (κ2) is 5.40. The summed E-state index contributed by atoms with van der Waals surface area (Å²) in [6.45, 7) is 1.25. The second-order valence-electron chi connectivity index (χ2n) is 6.59. The van der Waals surface area contributed by atoms with Gasteiger partial charge in [0.15, 0.2) is 0 Å². The van der Waals surface area contributed by atoms with Crippen LogP contribution in [-0.4, -0.2) is 41.9 Å².